The molecule has 0 unspecified atom stereocenters. The average Bonchev–Trinajstić information content (AvgIpc) is 1.73. The fraction of sp³-hybridized carbons (Fsp3) is 1.00. The third-order valence-electron chi connectivity index (χ3n) is 0.365. The first kappa shape index (κ1) is 10.9. The van der Waals surface area contributed by atoms with Crippen LogP contribution in [0.2, 0.25) is 0 Å². The number of aliphatic hydroxyl groups excluding tert-OH is 1. The summed E-state index contributed by atoms with van der Waals surface area (Å²) in [6.07, 6.45) is 0. The second kappa shape index (κ2) is 10.1. The van der Waals surface area contributed by atoms with Crippen LogP contribution < -0.4 is 0 Å². The molecule has 0 aliphatic heterocycles. The molecule has 0 aliphatic carbocycles. The first-order valence-electron chi connectivity index (χ1n) is 2.07. The van der Waals surface area contributed by atoms with Crippen molar-refractivity contribution in [2.24, 2.45) is 5.92 Å². The third kappa shape index (κ3) is 19.5. The Morgan fingerprint density at radius 1 is 1.57 bits per heavy atom. The van der Waals surface area contributed by atoms with Crippen LogP contribution >= 0.6 is 9.30 Å². The molecule has 43 valence electrons. The molecule has 0 atom stereocenters. The summed E-state index contributed by atoms with van der Waals surface area (Å²) >= 11 is 1.47. The number of halogens is 1. The Morgan fingerprint density at radius 3 is 1.71 bits per heavy atom. The van der Waals surface area contributed by atoms with Gasteiger partial charge in [0, 0.05) is 6.61 Å². The average molecular weight is 157 g/mol. The van der Waals surface area contributed by atoms with Crippen molar-refractivity contribution in [3.8, 4) is 0 Å². The van der Waals surface area contributed by atoms with Gasteiger partial charge < -0.3 is 5.11 Å². The molecule has 7 heavy (non-hydrogen) atoms. The van der Waals surface area contributed by atoms with Crippen molar-refractivity contribution in [1.82, 2.24) is 0 Å². The molecule has 3 heteroatoms. The Balaban J connectivity index is 0. The summed E-state index contributed by atoms with van der Waals surface area (Å²) < 4.78 is 0. The minimum absolute atomic E-state index is 0.306. The van der Waals surface area contributed by atoms with Crippen molar-refractivity contribution in [2.45, 2.75) is 13.8 Å². The zero-order chi connectivity index (χ0) is 6.28. The fourth-order valence-electron chi connectivity index (χ4n) is 0. The molecular weight excluding hydrogens is 147 g/mol. The van der Waals surface area contributed by atoms with E-state index in [0.29, 0.717) is 12.5 Å². The van der Waals surface area contributed by atoms with Gasteiger partial charge in [-0.25, -0.2) is 0 Å². The van der Waals surface area contributed by atoms with Crippen LogP contribution in [-0.4, -0.2) is 11.7 Å². The van der Waals surface area contributed by atoms with Crippen LogP contribution in [0.25, 0.3) is 0 Å². The van der Waals surface area contributed by atoms with Gasteiger partial charge in [0.25, 0.3) is 0 Å². The van der Waals surface area contributed by atoms with Crippen molar-refractivity contribution >= 4 is 9.30 Å². The zero-order valence-electron chi connectivity index (χ0n) is 4.61. The number of rotatable bonds is 1. The summed E-state index contributed by atoms with van der Waals surface area (Å²) in [4.78, 5) is 0. The van der Waals surface area contributed by atoms with Gasteiger partial charge in [0.15, 0.2) is 0 Å². The van der Waals surface area contributed by atoms with Gasteiger partial charge in [-0.2, -0.15) is 0 Å². The first-order valence-corrected chi connectivity index (χ1v) is 4.22. The van der Waals surface area contributed by atoms with Crippen LogP contribution in [0.4, 0.5) is 0 Å². The Kier molecular flexibility index (Phi) is 15.6. The second-order valence-electron chi connectivity index (χ2n) is 1.58. The summed E-state index contributed by atoms with van der Waals surface area (Å²) in [5.74, 6) is 0.440. The number of aliphatic hydroxyl groups is 1. The molecule has 1 N–H and O–H groups in total. The van der Waals surface area contributed by atoms with Crippen LogP contribution in [0.3, 0.4) is 0 Å². The molecule has 1 nitrogen and oxygen atoms in total. The minimum atomic E-state index is 0.306. The Bertz CT molecular complexity index is 25.7. The van der Waals surface area contributed by atoms with E-state index in [2.05, 4.69) is 9.30 Å². The van der Waals surface area contributed by atoms with E-state index in [1.54, 1.807) is 0 Å². The molecule has 0 aromatic heterocycles. The van der Waals surface area contributed by atoms with Gasteiger partial charge in [0.05, 0.1) is 0 Å². The van der Waals surface area contributed by atoms with Gasteiger partial charge in [-0.1, -0.05) is 13.8 Å². The van der Waals surface area contributed by atoms with E-state index < -0.39 is 0 Å². The van der Waals surface area contributed by atoms with E-state index in [4.69, 9.17) is 5.11 Å². The molecule has 0 aromatic rings. The van der Waals surface area contributed by atoms with E-state index in [1.165, 1.54) is 19.4 Å². The monoisotopic (exact) mass is 157 g/mol. The molecule has 0 aromatic carbocycles. The Morgan fingerprint density at radius 2 is 1.71 bits per heavy atom. The van der Waals surface area contributed by atoms with Gasteiger partial charge >= 0.3 is 28.7 Å². The Labute approximate surface area is 60.3 Å². The molecular formula is C4H10ClOTi. The van der Waals surface area contributed by atoms with E-state index in [0.717, 1.165) is 0 Å². The molecule has 0 spiro atoms. The molecule has 0 fully saturated rings. The van der Waals surface area contributed by atoms with Gasteiger partial charge in [-0.15, -0.1) is 0 Å². The van der Waals surface area contributed by atoms with E-state index in [1.807, 2.05) is 13.8 Å². The fourth-order valence-corrected chi connectivity index (χ4v) is 0. The van der Waals surface area contributed by atoms with E-state index in [9.17, 15) is 0 Å². The molecule has 0 saturated heterocycles. The Hall–Kier alpha value is 0.964. The summed E-state index contributed by atoms with van der Waals surface area (Å²) in [6.45, 7) is 4.25. The van der Waals surface area contributed by atoms with Gasteiger partial charge in [0.2, 0.25) is 0 Å². The molecule has 0 saturated carbocycles. The summed E-state index contributed by atoms with van der Waals surface area (Å²) in [6, 6.07) is 0. The van der Waals surface area contributed by atoms with E-state index >= 15 is 0 Å². The maximum absolute atomic E-state index is 8.14. The molecule has 0 aliphatic rings. The normalized spacial score (nSPS) is 7.43. The quantitative estimate of drug-likeness (QED) is 0.569. The van der Waals surface area contributed by atoms with Crippen molar-refractivity contribution in [1.29, 1.82) is 0 Å². The van der Waals surface area contributed by atoms with Crippen LogP contribution in [0.15, 0.2) is 0 Å². The molecule has 0 heterocycles. The summed E-state index contributed by atoms with van der Waals surface area (Å²) in [7, 11) is 4.64. The van der Waals surface area contributed by atoms with Crippen LogP contribution in [0.5, 0.6) is 0 Å². The zero-order valence-corrected chi connectivity index (χ0v) is 6.93. The van der Waals surface area contributed by atoms with Crippen molar-refractivity contribution in [3.05, 3.63) is 0 Å². The van der Waals surface area contributed by atoms with Crippen molar-refractivity contribution < 1.29 is 24.5 Å². The molecule has 0 radical (unpaired) electrons. The van der Waals surface area contributed by atoms with E-state index in [-0.39, 0.29) is 0 Å². The van der Waals surface area contributed by atoms with Crippen molar-refractivity contribution in [3.63, 3.8) is 0 Å². The van der Waals surface area contributed by atoms with Gasteiger partial charge in [0.1, 0.15) is 0 Å². The molecule has 0 amide bonds. The van der Waals surface area contributed by atoms with Crippen molar-refractivity contribution in [2.75, 3.05) is 6.61 Å². The second-order valence-corrected chi connectivity index (χ2v) is 1.58. The SMILES string of the molecule is CC(C)CO.[Cl][Ti]. The molecule has 0 rings (SSSR count). The predicted molar refractivity (Wildman–Crippen MR) is 27.8 cm³/mol. The van der Waals surface area contributed by atoms with Crippen LogP contribution in [0, 0.1) is 5.92 Å². The predicted octanol–water partition coefficient (Wildman–Crippen LogP) is 1.32. The number of hydrogen-bond acceptors (Lipinski definition) is 1. The van der Waals surface area contributed by atoms with Crippen LogP contribution in [0.1, 0.15) is 13.8 Å². The van der Waals surface area contributed by atoms with Gasteiger partial charge in [-0.05, 0) is 5.92 Å². The summed E-state index contributed by atoms with van der Waals surface area (Å²) in [5, 5.41) is 8.14. The third-order valence-corrected chi connectivity index (χ3v) is 0.365. The van der Waals surface area contributed by atoms with Gasteiger partial charge in [-0.3, -0.25) is 0 Å². The summed E-state index contributed by atoms with van der Waals surface area (Å²) in [5.41, 5.74) is 0. The molecule has 0 bridgehead atoms. The number of hydrogen-bond donors (Lipinski definition) is 1. The standard InChI is InChI=1S/C4H10O.ClH.Ti/c1-4(2)3-5;;/h4-5H,3H2,1-2H3;1H;/q;;+1/p-1. The maximum atomic E-state index is 8.14. The topological polar surface area (TPSA) is 20.2 Å². The van der Waals surface area contributed by atoms with Crippen LogP contribution in [-0.2, 0) is 19.4 Å². The first-order chi connectivity index (χ1) is 3.27.